The largest absolute Gasteiger partial charge is 0.481 e. The summed E-state index contributed by atoms with van der Waals surface area (Å²) >= 11 is 0. The lowest BCUT2D eigenvalue weighted by atomic mass is 9.85. The highest BCUT2D eigenvalue weighted by Gasteiger charge is 2.28. The summed E-state index contributed by atoms with van der Waals surface area (Å²) < 4.78 is 0. The third kappa shape index (κ3) is 5.85. The SMILES string of the molecule is Cc1ccccc1CNC(=O)NC(CC(=O)O)C(C)(C)C. The molecule has 116 valence electrons. The van der Waals surface area contributed by atoms with Crippen molar-refractivity contribution in [2.45, 2.75) is 46.7 Å². The Balaban J connectivity index is 2.58. The zero-order chi connectivity index (χ0) is 16.0. The Hall–Kier alpha value is -2.04. The minimum atomic E-state index is -0.922. The van der Waals surface area contributed by atoms with Gasteiger partial charge in [0, 0.05) is 12.6 Å². The molecule has 1 atom stereocenters. The molecule has 0 radical (unpaired) electrons. The monoisotopic (exact) mass is 292 g/mol. The Labute approximate surface area is 125 Å². The first-order valence-electron chi connectivity index (χ1n) is 7.01. The summed E-state index contributed by atoms with van der Waals surface area (Å²) in [6.45, 7) is 8.12. The molecule has 0 aliphatic carbocycles. The van der Waals surface area contributed by atoms with Crippen LogP contribution in [0.4, 0.5) is 4.79 Å². The van der Waals surface area contributed by atoms with Gasteiger partial charge in [0.25, 0.3) is 0 Å². The number of carboxylic acid groups (broad SMARTS) is 1. The first kappa shape index (κ1) is 17.0. The smallest absolute Gasteiger partial charge is 0.315 e. The number of hydrogen-bond acceptors (Lipinski definition) is 2. The molecule has 0 saturated carbocycles. The quantitative estimate of drug-likeness (QED) is 0.780. The summed E-state index contributed by atoms with van der Waals surface area (Å²) in [5.74, 6) is -0.922. The van der Waals surface area contributed by atoms with E-state index in [0.717, 1.165) is 11.1 Å². The number of amides is 2. The zero-order valence-electron chi connectivity index (χ0n) is 13.1. The molecule has 1 aromatic rings. The molecule has 5 nitrogen and oxygen atoms in total. The van der Waals surface area contributed by atoms with Gasteiger partial charge in [0.15, 0.2) is 0 Å². The normalized spacial score (nSPS) is 12.6. The number of carbonyl (C=O) groups is 2. The number of urea groups is 1. The van der Waals surface area contributed by atoms with E-state index in [9.17, 15) is 9.59 Å². The Kier molecular flexibility index (Phi) is 5.76. The van der Waals surface area contributed by atoms with E-state index < -0.39 is 12.0 Å². The molecular weight excluding hydrogens is 268 g/mol. The van der Waals surface area contributed by atoms with E-state index in [1.807, 2.05) is 52.0 Å². The molecule has 0 bridgehead atoms. The summed E-state index contributed by atoms with van der Waals surface area (Å²) in [5.41, 5.74) is 1.83. The number of carboxylic acids is 1. The van der Waals surface area contributed by atoms with Gasteiger partial charge < -0.3 is 15.7 Å². The fourth-order valence-electron chi connectivity index (χ4n) is 1.94. The lowest BCUT2D eigenvalue weighted by Crippen LogP contribution is -2.48. The van der Waals surface area contributed by atoms with Crippen molar-refractivity contribution in [3.05, 3.63) is 35.4 Å². The van der Waals surface area contributed by atoms with E-state index in [4.69, 9.17) is 5.11 Å². The molecule has 0 aromatic heterocycles. The Morgan fingerprint density at radius 1 is 1.24 bits per heavy atom. The number of rotatable bonds is 5. The second-order valence-corrected chi connectivity index (χ2v) is 6.27. The van der Waals surface area contributed by atoms with Crippen molar-refractivity contribution in [2.24, 2.45) is 5.41 Å². The highest BCUT2D eigenvalue weighted by Crippen LogP contribution is 2.21. The average molecular weight is 292 g/mol. The second-order valence-electron chi connectivity index (χ2n) is 6.27. The Morgan fingerprint density at radius 3 is 2.38 bits per heavy atom. The van der Waals surface area contributed by atoms with Crippen LogP contribution in [-0.2, 0) is 11.3 Å². The van der Waals surface area contributed by atoms with Crippen molar-refractivity contribution >= 4 is 12.0 Å². The van der Waals surface area contributed by atoms with Gasteiger partial charge in [-0.05, 0) is 23.5 Å². The Morgan fingerprint density at radius 2 is 1.86 bits per heavy atom. The number of hydrogen-bond donors (Lipinski definition) is 3. The maximum absolute atomic E-state index is 12.0. The van der Waals surface area contributed by atoms with E-state index >= 15 is 0 Å². The lowest BCUT2D eigenvalue weighted by molar-refractivity contribution is -0.138. The molecule has 5 heteroatoms. The van der Waals surface area contributed by atoms with Crippen LogP contribution in [0.3, 0.4) is 0 Å². The van der Waals surface area contributed by atoms with Crippen molar-refractivity contribution < 1.29 is 14.7 Å². The predicted molar refractivity (Wildman–Crippen MR) is 82.0 cm³/mol. The van der Waals surface area contributed by atoms with Gasteiger partial charge in [0.1, 0.15) is 0 Å². The summed E-state index contributed by atoms with van der Waals surface area (Å²) in [4.78, 5) is 22.8. The second kappa shape index (κ2) is 7.11. The summed E-state index contributed by atoms with van der Waals surface area (Å²) in [6.07, 6.45) is -0.0959. The molecule has 0 saturated heterocycles. The number of carbonyl (C=O) groups excluding carboxylic acids is 1. The van der Waals surface area contributed by atoms with E-state index in [0.29, 0.717) is 6.54 Å². The van der Waals surface area contributed by atoms with Crippen LogP contribution < -0.4 is 10.6 Å². The highest BCUT2D eigenvalue weighted by atomic mass is 16.4. The van der Waals surface area contributed by atoms with Gasteiger partial charge in [-0.25, -0.2) is 4.79 Å². The molecule has 0 aliphatic rings. The summed E-state index contributed by atoms with van der Waals surface area (Å²) in [6, 6.07) is 7.03. The van der Waals surface area contributed by atoms with Crippen LogP contribution >= 0.6 is 0 Å². The predicted octanol–water partition coefficient (Wildman–Crippen LogP) is 2.68. The molecule has 0 fully saturated rings. The van der Waals surface area contributed by atoms with Crippen LogP contribution in [0.2, 0.25) is 0 Å². The number of benzene rings is 1. The van der Waals surface area contributed by atoms with Gasteiger partial charge in [-0.3, -0.25) is 4.79 Å². The molecule has 1 unspecified atom stereocenters. The summed E-state index contributed by atoms with van der Waals surface area (Å²) in [7, 11) is 0. The van der Waals surface area contributed by atoms with Crippen LogP contribution in [0.1, 0.15) is 38.3 Å². The zero-order valence-corrected chi connectivity index (χ0v) is 13.1. The molecule has 2 amide bonds. The van der Waals surface area contributed by atoms with Crippen LogP contribution in [0.15, 0.2) is 24.3 Å². The molecule has 0 heterocycles. The minimum absolute atomic E-state index is 0.0959. The van der Waals surface area contributed by atoms with Crippen molar-refractivity contribution in [3.8, 4) is 0 Å². The lowest BCUT2D eigenvalue weighted by Gasteiger charge is -2.30. The van der Waals surface area contributed by atoms with Crippen molar-refractivity contribution in [3.63, 3.8) is 0 Å². The maximum Gasteiger partial charge on any atom is 0.315 e. The van der Waals surface area contributed by atoms with Gasteiger partial charge in [0.05, 0.1) is 6.42 Å². The summed E-state index contributed by atoms with van der Waals surface area (Å²) in [5, 5.41) is 14.5. The highest BCUT2D eigenvalue weighted by molar-refractivity contribution is 5.76. The van der Waals surface area contributed by atoms with Gasteiger partial charge in [0.2, 0.25) is 0 Å². The minimum Gasteiger partial charge on any atom is -0.481 e. The molecule has 1 rings (SSSR count). The molecule has 21 heavy (non-hydrogen) atoms. The van der Waals surface area contributed by atoms with Crippen LogP contribution in [0.25, 0.3) is 0 Å². The van der Waals surface area contributed by atoms with E-state index in [2.05, 4.69) is 10.6 Å². The fraction of sp³-hybridized carbons (Fsp3) is 0.500. The molecular formula is C16H24N2O3. The van der Waals surface area contributed by atoms with Gasteiger partial charge >= 0.3 is 12.0 Å². The maximum atomic E-state index is 12.0. The Bertz CT molecular complexity index is 506. The number of aliphatic carboxylic acids is 1. The molecule has 0 aliphatic heterocycles. The van der Waals surface area contributed by atoms with Crippen LogP contribution in [-0.4, -0.2) is 23.1 Å². The molecule has 3 N–H and O–H groups in total. The van der Waals surface area contributed by atoms with Crippen LogP contribution in [0, 0.1) is 12.3 Å². The van der Waals surface area contributed by atoms with E-state index in [-0.39, 0.29) is 17.9 Å². The topological polar surface area (TPSA) is 78.4 Å². The van der Waals surface area contributed by atoms with E-state index in [1.54, 1.807) is 0 Å². The third-order valence-electron chi connectivity index (χ3n) is 3.43. The van der Waals surface area contributed by atoms with Crippen LogP contribution in [0.5, 0.6) is 0 Å². The first-order chi connectivity index (χ1) is 9.70. The number of aryl methyl sites for hydroxylation is 1. The van der Waals surface area contributed by atoms with Crippen molar-refractivity contribution in [2.75, 3.05) is 0 Å². The van der Waals surface area contributed by atoms with Gasteiger partial charge in [-0.1, -0.05) is 45.0 Å². The van der Waals surface area contributed by atoms with E-state index in [1.165, 1.54) is 0 Å². The van der Waals surface area contributed by atoms with Gasteiger partial charge in [-0.15, -0.1) is 0 Å². The first-order valence-corrected chi connectivity index (χ1v) is 7.01. The standard InChI is InChI=1S/C16H24N2O3/c1-11-7-5-6-8-12(11)10-17-15(21)18-13(9-14(19)20)16(2,3)4/h5-8,13H,9-10H2,1-4H3,(H,19,20)(H2,17,18,21). The average Bonchev–Trinajstić information content (AvgIpc) is 2.35. The molecule has 1 aromatic carbocycles. The fourth-order valence-corrected chi connectivity index (χ4v) is 1.94. The number of nitrogens with one attached hydrogen (secondary N) is 2. The van der Waals surface area contributed by atoms with Crippen molar-refractivity contribution in [1.82, 2.24) is 10.6 Å². The van der Waals surface area contributed by atoms with Crippen molar-refractivity contribution in [1.29, 1.82) is 0 Å². The van der Waals surface area contributed by atoms with Gasteiger partial charge in [-0.2, -0.15) is 0 Å². The molecule has 0 spiro atoms. The third-order valence-corrected chi connectivity index (χ3v) is 3.43.